The molecule has 6 rings (SSSR count). The van der Waals surface area contributed by atoms with Crippen LogP contribution in [0, 0.1) is 12.7 Å². The molecule has 0 amide bonds. The maximum atomic E-state index is 14.3. The molecule has 0 aliphatic heterocycles. The normalized spacial score (nSPS) is 13.9. The van der Waals surface area contributed by atoms with E-state index in [2.05, 4.69) is 108 Å². The zero-order valence-corrected chi connectivity index (χ0v) is 23.4. The number of fused-ring (bicyclic) bond motifs is 4. The third kappa shape index (κ3) is 3.55. The Morgan fingerprint density at radius 3 is 2.16 bits per heavy atom. The van der Waals surface area contributed by atoms with Crippen LogP contribution >= 0.6 is 0 Å². The molecule has 0 fully saturated rings. The minimum absolute atomic E-state index is 0.184. The van der Waals surface area contributed by atoms with E-state index in [9.17, 15) is 4.39 Å². The number of halogens is 1. The van der Waals surface area contributed by atoms with E-state index in [1.165, 1.54) is 33.5 Å². The van der Waals surface area contributed by atoms with E-state index in [1.54, 1.807) is 12.1 Å². The summed E-state index contributed by atoms with van der Waals surface area (Å²) >= 11 is 0. The van der Waals surface area contributed by atoms with Crippen molar-refractivity contribution in [2.24, 2.45) is 0 Å². The van der Waals surface area contributed by atoms with E-state index in [4.69, 9.17) is 4.98 Å². The van der Waals surface area contributed by atoms with E-state index in [-0.39, 0.29) is 11.2 Å². The van der Waals surface area contributed by atoms with Crippen molar-refractivity contribution in [3.05, 3.63) is 106 Å². The van der Waals surface area contributed by atoms with Gasteiger partial charge in [-0.15, -0.1) is 0 Å². The number of nitrogens with zero attached hydrogens (tertiary/aromatic N) is 2. The number of hydrogen-bond donors (Lipinski definition) is 0. The molecule has 0 radical (unpaired) electrons. The Kier molecular flexibility index (Phi) is 5.61. The van der Waals surface area contributed by atoms with Crippen LogP contribution in [0.4, 0.5) is 4.39 Å². The minimum Gasteiger partial charge on any atom is -0.292 e. The molecule has 0 saturated carbocycles. The fourth-order valence-electron chi connectivity index (χ4n) is 6.58. The van der Waals surface area contributed by atoms with E-state index in [0.29, 0.717) is 11.8 Å². The molecule has 4 aromatic carbocycles. The summed E-state index contributed by atoms with van der Waals surface area (Å²) in [6.45, 7) is 15.6. The molecule has 3 heteroatoms. The maximum absolute atomic E-state index is 14.3. The number of benzene rings is 4. The largest absolute Gasteiger partial charge is 0.292 e. The first-order valence-electron chi connectivity index (χ1n) is 13.7. The van der Waals surface area contributed by atoms with Crippen LogP contribution in [0.15, 0.2) is 72.8 Å². The number of aryl methyl sites for hydroxylation is 1. The predicted octanol–water partition coefficient (Wildman–Crippen LogP) is 9.69. The number of imidazole rings is 1. The van der Waals surface area contributed by atoms with Crippen molar-refractivity contribution in [2.75, 3.05) is 0 Å². The summed E-state index contributed by atoms with van der Waals surface area (Å²) in [7, 11) is 0. The Labute approximate surface area is 225 Å². The van der Waals surface area contributed by atoms with Crippen LogP contribution in [0.5, 0.6) is 0 Å². The summed E-state index contributed by atoms with van der Waals surface area (Å²) < 4.78 is 16.7. The van der Waals surface area contributed by atoms with Gasteiger partial charge < -0.3 is 0 Å². The molecule has 0 unspecified atom stereocenters. The highest BCUT2D eigenvalue weighted by molar-refractivity contribution is 5.88. The molecule has 1 aromatic heterocycles. The second-order valence-corrected chi connectivity index (χ2v) is 11.9. The summed E-state index contributed by atoms with van der Waals surface area (Å²) in [6.07, 6.45) is 0. The van der Waals surface area contributed by atoms with Crippen LogP contribution in [-0.2, 0) is 5.41 Å². The molecule has 5 aromatic rings. The van der Waals surface area contributed by atoms with E-state index in [1.807, 2.05) is 6.07 Å². The second kappa shape index (κ2) is 8.66. The average Bonchev–Trinajstić information content (AvgIpc) is 3.36. The van der Waals surface area contributed by atoms with Gasteiger partial charge >= 0.3 is 0 Å². The Hall–Kier alpha value is -3.72. The standard InChI is InChI=1S/C35H35FN2/c1-20(2)25-11-10-12-26(21(3)4)33(25)38-31-14-9-8-13-30(31)37-34(38)23-17-22(5)32-28(18-23)27-16-15-24(36)19-29(27)35(32,6)7/h8-21H,1-7H3. The lowest BCUT2D eigenvalue weighted by molar-refractivity contribution is 0.608. The molecule has 0 bridgehead atoms. The number of hydrogen-bond acceptors (Lipinski definition) is 1. The fourth-order valence-corrected chi connectivity index (χ4v) is 6.58. The van der Waals surface area contributed by atoms with Crippen molar-refractivity contribution in [3.63, 3.8) is 0 Å². The Morgan fingerprint density at radius 1 is 0.789 bits per heavy atom. The topological polar surface area (TPSA) is 17.8 Å². The molecule has 1 aliphatic rings. The molecular formula is C35H35FN2. The van der Waals surface area contributed by atoms with Crippen molar-refractivity contribution in [1.82, 2.24) is 9.55 Å². The number of aromatic nitrogens is 2. The van der Waals surface area contributed by atoms with Gasteiger partial charge in [0.05, 0.1) is 16.7 Å². The van der Waals surface area contributed by atoms with Crippen molar-refractivity contribution >= 4 is 11.0 Å². The van der Waals surface area contributed by atoms with Gasteiger partial charge in [0, 0.05) is 11.0 Å². The van der Waals surface area contributed by atoms with Crippen LogP contribution in [-0.4, -0.2) is 9.55 Å². The summed E-state index contributed by atoms with van der Waals surface area (Å²) in [5.74, 6) is 1.49. The van der Waals surface area contributed by atoms with E-state index < -0.39 is 0 Å². The van der Waals surface area contributed by atoms with Gasteiger partial charge in [-0.05, 0) is 94.1 Å². The first-order chi connectivity index (χ1) is 18.1. The SMILES string of the molecule is Cc1cc(-c2nc3ccccc3n2-c2c(C(C)C)cccc2C(C)C)cc2c1C(C)(C)c1cc(F)ccc1-2. The maximum Gasteiger partial charge on any atom is 0.145 e. The highest BCUT2D eigenvalue weighted by Gasteiger charge is 2.37. The lowest BCUT2D eigenvalue weighted by Crippen LogP contribution is -2.16. The summed E-state index contributed by atoms with van der Waals surface area (Å²) in [4.78, 5) is 5.24. The van der Waals surface area contributed by atoms with Gasteiger partial charge in [0.1, 0.15) is 11.6 Å². The van der Waals surface area contributed by atoms with Crippen molar-refractivity contribution in [1.29, 1.82) is 0 Å². The van der Waals surface area contributed by atoms with Crippen molar-refractivity contribution < 1.29 is 4.39 Å². The monoisotopic (exact) mass is 502 g/mol. The average molecular weight is 503 g/mol. The molecule has 0 atom stereocenters. The first kappa shape index (κ1) is 24.6. The van der Waals surface area contributed by atoms with Gasteiger partial charge in [0.15, 0.2) is 0 Å². The molecular weight excluding hydrogens is 467 g/mol. The smallest absolute Gasteiger partial charge is 0.145 e. The van der Waals surface area contributed by atoms with Gasteiger partial charge in [0.2, 0.25) is 0 Å². The van der Waals surface area contributed by atoms with Crippen LogP contribution in [0.3, 0.4) is 0 Å². The third-order valence-corrected chi connectivity index (χ3v) is 8.29. The molecule has 1 heterocycles. The highest BCUT2D eigenvalue weighted by atomic mass is 19.1. The van der Waals surface area contributed by atoms with Crippen molar-refractivity contribution in [3.8, 4) is 28.2 Å². The van der Waals surface area contributed by atoms with Gasteiger partial charge in [-0.2, -0.15) is 0 Å². The lowest BCUT2D eigenvalue weighted by atomic mass is 9.80. The van der Waals surface area contributed by atoms with Gasteiger partial charge in [0.25, 0.3) is 0 Å². The van der Waals surface area contributed by atoms with Crippen LogP contribution in [0.2, 0.25) is 0 Å². The summed E-state index contributed by atoms with van der Waals surface area (Å²) in [5, 5.41) is 0. The van der Waals surface area contributed by atoms with Crippen LogP contribution in [0.1, 0.15) is 81.2 Å². The molecule has 2 nitrogen and oxygen atoms in total. The molecule has 1 aliphatic carbocycles. The zero-order chi connectivity index (χ0) is 26.9. The zero-order valence-electron chi connectivity index (χ0n) is 23.4. The van der Waals surface area contributed by atoms with E-state index in [0.717, 1.165) is 33.5 Å². The Bertz CT molecular complexity index is 1690. The number of rotatable bonds is 4. The summed E-state index contributed by atoms with van der Waals surface area (Å²) in [5.41, 5.74) is 12.6. The van der Waals surface area contributed by atoms with Gasteiger partial charge in [-0.25, -0.2) is 9.37 Å². The van der Waals surface area contributed by atoms with Crippen molar-refractivity contribution in [2.45, 2.75) is 65.7 Å². The molecule has 0 spiro atoms. The van der Waals surface area contributed by atoms with Gasteiger partial charge in [-0.1, -0.05) is 77.9 Å². The Balaban J connectivity index is 1.70. The molecule has 38 heavy (non-hydrogen) atoms. The van der Waals surface area contributed by atoms with Crippen LogP contribution in [0.25, 0.3) is 39.2 Å². The van der Waals surface area contributed by atoms with E-state index >= 15 is 0 Å². The van der Waals surface area contributed by atoms with Crippen LogP contribution < -0.4 is 0 Å². The second-order valence-electron chi connectivity index (χ2n) is 11.9. The summed E-state index contributed by atoms with van der Waals surface area (Å²) in [6, 6.07) is 24.9. The quantitative estimate of drug-likeness (QED) is 0.239. The minimum atomic E-state index is -0.259. The number of para-hydroxylation sites is 3. The predicted molar refractivity (Wildman–Crippen MR) is 157 cm³/mol. The molecule has 0 saturated heterocycles. The fraction of sp³-hybridized carbons (Fsp3) is 0.286. The first-order valence-corrected chi connectivity index (χ1v) is 13.7. The van der Waals surface area contributed by atoms with Gasteiger partial charge in [-0.3, -0.25) is 4.57 Å². The third-order valence-electron chi connectivity index (χ3n) is 8.29. The highest BCUT2D eigenvalue weighted by Crippen LogP contribution is 2.51. The molecule has 192 valence electrons. The lowest BCUT2D eigenvalue weighted by Gasteiger charge is -2.24. The molecule has 0 N–H and O–H groups in total. The Morgan fingerprint density at radius 2 is 1.47 bits per heavy atom.